The molecule has 112 valence electrons. The van der Waals surface area contributed by atoms with Crippen LogP contribution in [0, 0.1) is 0 Å². The maximum absolute atomic E-state index is 5.97. The predicted molar refractivity (Wildman–Crippen MR) is 86.4 cm³/mol. The molecule has 3 N–H and O–H groups in total. The van der Waals surface area contributed by atoms with E-state index in [-0.39, 0.29) is 0 Å². The van der Waals surface area contributed by atoms with E-state index >= 15 is 0 Å². The summed E-state index contributed by atoms with van der Waals surface area (Å²) < 4.78 is 0. The SMILES string of the molecule is CN(C)c1nc(CN=C(N)NC2CCCCCC2)cs1. The molecule has 0 aliphatic heterocycles. The average Bonchev–Trinajstić information content (AvgIpc) is 2.75. The third-order valence-corrected chi connectivity index (χ3v) is 4.60. The molecule has 6 heteroatoms. The number of rotatable bonds is 4. The van der Waals surface area contributed by atoms with Crippen molar-refractivity contribution < 1.29 is 0 Å². The number of thiazole rings is 1. The van der Waals surface area contributed by atoms with Crippen LogP contribution in [0.15, 0.2) is 10.4 Å². The quantitative estimate of drug-likeness (QED) is 0.508. The highest BCUT2D eigenvalue weighted by molar-refractivity contribution is 7.13. The zero-order valence-electron chi connectivity index (χ0n) is 12.4. The summed E-state index contributed by atoms with van der Waals surface area (Å²) in [6.07, 6.45) is 7.70. The fraction of sp³-hybridized carbons (Fsp3) is 0.714. The predicted octanol–water partition coefficient (Wildman–Crippen LogP) is 2.34. The first-order chi connectivity index (χ1) is 9.65. The van der Waals surface area contributed by atoms with Gasteiger partial charge in [-0.3, -0.25) is 0 Å². The first-order valence-corrected chi connectivity index (χ1v) is 8.21. The molecule has 0 saturated heterocycles. The van der Waals surface area contributed by atoms with Crippen molar-refractivity contribution >= 4 is 22.4 Å². The highest BCUT2D eigenvalue weighted by atomic mass is 32.1. The van der Waals surface area contributed by atoms with Gasteiger partial charge in [0.05, 0.1) is 12.2 Å². The summed E-state index contributed by atoms with van der Waals surface area (Å²) in [6.45, 7) is 0.551. The molecule has 0 aromatic carbocycles. The van der Waals surface area contributed by atoms with Crippen molar-refractivity contribution in [2.75, 3.05) is 19.0 Å². The van der Waals surface area contributed by atoms with E-state index in [4.69, 9.17) is 5.73 Å². The van der Waals surface area contributed by atoms with E-state index < -0.39 is 0 Å². The van der Waals surface area contributed by atoms with E-state index in [0.29, 0.717) is 18.5 Å². The molecule has 0 bridgehead atoms. The summed E-state index contributed by atoms with van der Waals surface area (Å²) in [4.78, 5) is 10.9. The van der Waals surface area contributed by atoms with Gasteiger partial charge in [0, 0.05) is 25.5 Å². The lowest BCUT2D eigenvalue weighted by Crippen LogP contribution is -2.39. The summed E-state index contributed by atoms with van der Waals surface area (Å²) in [5.74, 6) is 0.552. The fourth-order valence-corrected chi connectivity index (χ4v) is 3.17. The van der Waals surface area contributed by atoms with Crippen molar-refractivity contribution in [2.45, 2.75) is 51.1 Å². The van der Waals surface area contributed by atoms with E-state index in [1.54, 1.807) is 11.3 Å². The third kappa shape index (κ3) is 4.67. The summed E-state index contributed by atoms with van der Waals surface area (Å²) in [6, 6.07) is 0.494. The van der Waals surface area contributed by atoms with E-state index in [1.165, 1.54) is 38.5 Å². The maximum Gasteiger partial charge on any atom is 0.189 e. The minimum absolute atomic E-state index is 0.494. The van der Waals surface area contributed by atoms with Crippen molar-refractivity contribution in [3.63, 3.8) is 0 Å². The van der Waals surface area contributed by atoms with Crippen LogP contribution in [0.1, 0.15) is 44.2 Å². The number of guanidine groups is 1. The average molecular weight is 295 g/mol. The van der Waals surface area contributed by atoms with Crippen LogP contribution in [0.5, 0.6) is 0 Å². The molecular formula is C14H25N5S. The van der Waals surface area contributed by atoms with Gasteiger partial charge in [0.15, 0.2) is 11.1 Å². The summed E-state index contributed by atoms with van der Waals surface area (Å²) in [5.41, 5.74) is 6.95. The Bertz CT molecular complexity index is 433. The first-order valence-electron chi connectivity index (χ1n) is 7.33. The molecule has 1 saturated carbocycles. The van der Waals surface area contributed by atoms with Gasteiger partial charge in [-0.2, -0.15) is 0 Å². The third-order valence-electron chi connectivity index (χ3n) is 3.54. The van der Waals surface area contributed by atoms with Crippen LogP contribution in [0.2, 0.25) is 0 Å². The largest absolute Gasteiger partial charge is 0.370 e. The highest BCUT2D eigenvalue weighted by Crippen LogP contribution is 2.19. The molecule has 1 aromatic heterocycles. The number of anilines is 1. The summed E-state index contributed by atoms with van der Waals surface area (Å²) in [7, 11) is 3.99. The van der Waals surface area contributed by atoms with Crippen LogP contribution in [0.3, 0.4) is 0 Å². The molecule has 0 radical (unpaired) electrons. The lowest BCUT2D eigenvalue weighted by atomic mass is 10.1. The Morgan fingerprint density at radius 3 is 2.70 bits per heavy atom. The number of hydrogen-bond donors (Lipinski definition) is 2. The number of nitrogens with one attached hydrogen (secondary N) is 1. The number of hydrogen-bond acceptors (Lipinski definition) is 4. The molecular weight excluding hydrogens is 270 g/mol. The molecule has 1 aromatic rings. The van der Waals surface area contributed by atoms with Gasteiger partial charge in [0.1, 0.15) is 0 Å². The fourth-order valence-electron chi connectivity index (χ4n) is 2.42. The summed E-state index contributed by atoms with van der Waals surface area (Å²) >= 11 is 1.63. The van der Waals surface area contributed by atoms with Crippen LogP contribution >= 0.6 is 11.3 Å². The monoisotopic (exact) mass is 295 g/mol. The Balaban J connectivity index is 1.83. The second kappa shape index (κ2) is 7.47. The minimum atomic E-state index is 0.494. The number of aliphatic imine (C=N–C) groups is 1. The molecule has 2 rings (SSSR count). The van der Waals surface area contributed by atoms with E-state index in [9.17, 15) is 0 Å². The van der Waals surface area contributed by atoms with Crippen LogP contribution in [-0.4, -0.2) is 31.1 Å². The first kappa shape index (κ1) is 15.1. The Morgan fingerprint density at radius 2 is 2.10 bits per heavy atom. The van der Waals surface area contributed by atoms with Gasteiger partial charge >= 0.3 is 0 Å². The van der Waals surface area contributed by atoms with Gasteiger partial charge in [-0.1, -0.05) is 25.7 Å². The molecule has 0 amide bonds. The molecule has 20 heavy (non-hydrogen) atoms. The second-order valence-electron chi connectivity index (χ2n) is 5.55. The normalized spacial score (nSPS) is 17.8. The zero-order chi connectivity index (χ0) is 14.4. The zero-order valence-corrected chi connectivity index (χ0v) is 13.2. The lowest BCUT2D eigenvalue weighted by molar-refractivity contribution is 0.530. The Kier molecular flexibility index (Phi) is 5.64. The number of nitrogens with zero attached hydrogens (tertiary/aromatic N) is 3. The van der Waals surface area contributed by atoms with E-state index in [2.05, 4.69) is 15.3 Å². The molecule has 5 nitrogen and oxygen atoms in total. The molecule has 1 aliphatic rings. The van der Waals surface area contributed by atoms with Crippen LogP contribution in [0.4, 0.5) is 5.13 Å². The molecule has 0 spiro atoms. The number of aromatic nitrogens is 1. The van der Waals surface area contributed by atoms with Crippen molar-refractivity contribution in [3.05, 3.63) is 11.1 Å². The molecule has 1 heterocycles. The Labute approximate surface area is 125 Å². The van der Waals surface area contributed by atoms with Gasteiger partial charge in [0.25, 0.3) is 0 Å². The summed E-state index contributed by atoms with van der Waals surface area (Å²) in [5, 5.41) is 6.40. The molecule has 0 atom stereocenters. The Morgan fingerprint density at radius 1 is 1.40 bits per heavy atom. The van der Waals surface area contributed by atoms with Crippen molar-refractivity contribution in [1.29, 1.82) is 0 Å². The number of nitrogens with two attached hydrogens (primary N) is 1. The van der Waals surface area contributed by atoms with Crippen molar-refractivity contribution in [2.24, 2.45) is 10.7 Å². The maximum atomic E-state index is 5.97. The van der Waals surface area contributed by atoms with Crippen molar-refractivity contribution in [3.8, 4) is 0 Å². The van der Waals surface area contributed by atoms with Gasteiger partial charge in [0.2, 0.25) is 0 Å². The smallest absolute Gasteiger partial charge is 0.189 e. The molecule has 1 fully saturated rings. The topological polar surface area (TPSA) is 66.5 Å². The van der Waals surface area contributed by atoms with E-state index in [0.717, 1.165) is 10.8 Å². The van der Waals surface area contributed by atoms with Gasteiger partial charge in [-0.05, 0) is 12.8 Å². The minimum Gasteiger partial charge on any atom is -0.370 e. The van der Waals surface area contributed by atoms with Crippen LogP contribution < -0.4 is 16.0 Å². The highest BCUT2D eigenvalue weighted by Gasteiger charge is 2.12. The van der Waals surface area contributed by atoms with Crippen molar-refractivity contribution in [1.82, 2.24) is 10.3 Å². The van der Waals surface area contributed by atoms with Gasteiger partial charge in [-0.25, -0.2) is 9.98 Å². The lowest BCUT2D eigenvalue weighted by Gasteiger charge is -2.16. The molecule has 0 unspecified atom stereocenters. The van der Waals surface area contributed by atoms with Gasteiger partial charge < -0.3 is 16.0 Å². The molecule has 1 aliphatic carbocycles. The Hall–Kier alpha value is -1.30. The van der Waals surface area contributed by atoms with Gasteiger partial charge in [-0.15, -0.1) is 11.3 Å². The van der Waals surface area contributed by atoms with E-state index in [1.807, 2.05) is 24.4 Å². The second-order valence-corrected chi connectivity index (χ2v) is 6.39. The standard InChI is InChI=1S/C14H25N5S/c1-19(2)14-18-12(10-20-14)9-16-13(15)17-11-7-5-3-4-6-8-11/h10-11H,3-9H2,1-2H3,(H3,15,16,17). The van der Waals surface area contributed by atoms with Crippen LogP contribution in [0.25, 0.3) is 0 Å². The van der Waals surface area contributed by atoms with Crippen LogP contribution in [-0.2, 0) is 6.54 Å².